The highest BCUT2D eigenvalue weighted by Gasteiger charge is 2.19. The minimum absolute atomic E-state index is 0.0394. The van der Waals surface area contributed by atoms with Crippen LogP contribution in [0.2, 0.25) is 0 Å². The Kier molecular flexibility index (Phi) is 8.54. The Balaban J connectivity index is 2.57. The first-order valence-corrected chi connectivity index (χ1v) is 8.26. The lowest BCUT2D eigenvalue weighted by atomic mass is 9.88. The van der Waals surface area contributed by atoms with Crippen molar-refractivity contribution >= 4 is 0 Å². The molecule has 0 fully saturated rings. The second kappa shape index (κ2) is 9.90. The van der Waals surface area contributed by atoms with Gasteiger partial charge in [-0.2, -0.15) is 4.98 Å². The van der Waals surface area contributed by atoms with Crippen molar-refractivity contribution in [3.63, 3.8) is 0 Å². The molecule has 0 amide bonds. The molecule has 0 saturated carbocycles. The van der Waals surface area contributed by atoms with Crippen molar-refractivity contribution < 1.29 is 9.26 Å². The Morgan fingerprint density at radius 3 is 2.52 bits per heavy atom. The fourth-order valence-electron chi connectivity index (χ4n) is 2.58. The van der Waals surface area contributed by atoms with Crippen LogP contribution >= 0.6 is 0 Å². The van der Waals surface area contributed by atoms with E-state index in [0.29, 0.717) is 30.2 Å². The molecule has 1 heterocycles. The number of ether oxygens (including phenoxy) is 1. The number of aryl methyl sites for hydroxylation is 1. The Hall–Kier alpha value is -0.940. The summed E-state index contributed by atoms with van der Waals surface area (Å²) in [5, 5.41) is 4.09. The molecule has 5 nitrogen and oxygen atoms in total. The van der Waals surface area contributed by atoms with Crippen LogP contribution in [-0.4, -0.2) is 23.3 Å². The van der Waals surface area contributed by atoms with E-state index in [2.05, 4.69) is 30.9 Å². The quantitative estimate of drug-likeness (QED) is 0.676. The second-order valence-electron chi connectivity index (χ2n) is 5.90. The summed E-state index contributed by atoms with van der Waals surface area (Å²) in [7, 11) is 0. The first-order valence-electron chi connectivity index (χ1n) is 8.26. The minimum atomic E-state index is -0.0394. The summed E-state index contributed by atoms with van der Waals surface area (Å²) < 4.78 is 11.1. The average molecular weight is 297 g/mol. The van der Waals surface area contributed by atoms with Crippen molar-refractivity contribution in [1.29, 1.82) is 0 Å². The van der Waals surface area contributed by atoms with Crippen molar-refractivity contribution in [2.24, 2.45) is 17.6 Å². The van der Waals surface area contributed by atoms with Gasteiger partial charge in [0.2, 0.25) is 11.7 Å². The standard InChI is InChI=1S/C16H31N3O2/c1-5-7-14(20-6-2)16-18-15(21-19-16)9-8-13(10-11-17)12(3)4/h12-14H,5-11,17H2,1-4H3. The number of nitrogens with two attached hydrogens (primary N) is 1. The first kappa shape index (κ1) is 18.1. The Morgan fingerprint density at radius 2 is 1.95 bits per heavy atom. The third-order valence-corrected chi connectivity index (χ3v) is 3.90. The maximum atomic E-state index is 5.68. The van der Waals surface area contributed by atoms with Gasteiger partial charge in [0.25, 0.3) is 0 Å². The fraction of sp³-hybridized carbons (Fsp3) is 0.875. The molecule has 21 heavy (non-hydrogen) atoms. The normalized spacial score (nSPS) is 14.6. The summed E-state index contributed by atoms with van der Waals surface area (Å²) in [5.41, 5.74) is 5.68. The fourth-order valence-corrected chi connectivity index (χ4v) is 2.58. The third kappa shape index (κ3) is 6.14. The molecule has 1 aromatic rings. The molecule has 0 bridgehead atoms. The van der Waals surface area contributed by atoms with Crippen molar-refractivity contribution in [1.82, 2.24) is 10.1 Å². The van der Waals surface area contributed by atoms with Crippen LogP contribution in [-0.2, 0) is 11.2 Å². The SMILES string of the molecule is CCCC(OCC)c1noc(CCC(CCN)C(C)C)n1. The largest absolute Gasteiger partial charge is 0.370 e. The molecule has 0 aliphatic carbocycles. The van der Waals surface area contributed by atoms with Crippen molar-refractivity contribution in [3.8, 4) is 0 Å². The summed E-state index contributed by atoms with van der Waals surface area (Å²) in [5.74, 6) is 2.65. The highest BCUT2D eigenvalue weighted by atomic mass is 16.5. The van der Waals surface area contributed by atoms with Gasteiger partial charge < -0.3 is 15.0 Å². The van der Waals surface area contributed by atoms with E-state index in [-0.39, 0.29) is 6.10 Å². The van der Waals surface area contributed by atoms with Crippen LogP contribution in [0.1, 0.15) is 71.2 Å². The van der Waals surface area contributed by atoms with Gasteiger partial charge in [0.15, 0.2) is 0 Å². The van der Waals surface area contributed by atoms with Gasteiger partial charge in [-0.05, 0) is 44.6 Å². The molecule has 2 N–H and O–H groups in total. The topological polar surface area (TPSA) is 74.2 Å². The predicted octanol–water partition coefficient (Wildman–Crippen LogP) is 3.50. The molecule has 0 saturated heterocycles. The Morgan fingerprint density at radius 1 is 1.19 bits per heavy atom. The zero-order valence-electron chi connectivity index (χ0n) is 14.0. The van der Waals surface area contributed by atoms with Crippen LogP contribution in [0.4, 0.5) is 0 Å². The van der Waals surface area contributed by atoms with Gasteiger partial charge in [-0.15, -0.1) is 0 Å². The number of rotatable bonds is 11. The summed E-state index contributed by atoms with van der Waals surface area (Å²) in [4.78, 5) is 4.51. The number of hydrogen-bond donors (Lipinski definition) is 1. The molecule has 122 valence electrons. The predicted molar refractivity (Wildman–Crippen MR) is 83.9 cm³/mol. The summed E-state index contributed by atoms with van der Waals surface area (Å²) in [6.45, 7) is 10.0. The van der Waals surface area contributed by atoms with Crippen LogP contribution in [0, 0.1) is 11.8 Å². The van der Waals surface area contributed by atoms with Gasteiger partial charge in [-0.3, -0.25) is 0 Å². The van der Waals surface area contributed by atoms with E-state index in [4.69, 9.17) is 15.0 Å². The van der Waals surface area contributed by atoms with E-state index in [1.807, 2.05) is 6.92 Å². The molecule has 0 radical (unpaired) electrons. The second-order valence-corrected chi connectivity index (χ2v) is 5.90. The first-order chi connectivity index (χ1) is 10.1. The maximum absolute atomic E-state index is 5.68. The molecule has 0 aromatic carbocycles. The van der Waals surface area contributed by atoms with E-state index in [9.17, 15) is 0 Å². The van der Waals surface area contributed by atoms with Gasteiger partial charge in [-0.25, -0.2) is 0 Å². The lowest BCUT2D eigenvalue weighted by Gasteiger charge is -2.18. The van der Waals surface area contributed by atoms with Gasteiger partial charge in [-0.1, -0.05) is 32.3 Å². The molecule has 1 rings (SSSR count). The van der Waals surface area contributed by atoms with Gasteiger partial charge >= 0.3 is 0 Å². The van der Waals surface area contributed by atoms with Crippen LogP contribution in [0.25, 0.3) is 0 Å². The molecule has 0 spiro atoms. The van der Waals surface area contributed by atoms with Crippen molar-refractivity contribution in [3.05, 3.63) is 11.7 Å². The monoisotopic (exact) mass is 297 g/mol. The van der Waals surface area contributed by atoms with Crippen LogP contribution in [0.3, 0.4) is 0 Å². The number of nitrogens with zero attached hydrogens (tertiary/aromatic N) is 2. The van der Waals surface area contributed by atoms with E-state index >= 15 is 0 Å². The number of hydrogen-bond acceptors (Lipinski definition) is 5. The maximum Gasteiger partial charge on any atom is 0.226 e. The van der Waals surface area contributed by atoms with E-state index in [0.717, 1.165) is 38.6 Å². The molecule has 0 aliphatic rings. The molecule has 1 aromatic heterocycles. The zero-order valence-corrected chi connectivity index (χ0v) is 14.0. The third-order valence-electron chi connectivity index (χ3n) is 3.90. The molecular formula is C16H31N3O2. The van der Waals surface area contributed by atoms with Crippen LogP contribution < -0.4 is 5.73 Å². The smallest absolute Gasteiger partial charge is 0.226 e. The molecule has 2 unspecified atom stereocenters. The Bertz CT molecular complexity index is 373. The summed E-state index contributed by atoms with van der Waals surface area (Å²) >= 11 is 0. The van der Waals surface area contributed by atoms with Gasteiger partial charge in [0.1, 0.15) is 6.10 Å². The van der Waals surface area contributed by atoms with E-state index in [1.165, 1.54) is 0 Å². The molecule has 5 heteroatoms. The van der Waals surface area contributed by atoms with E-state index in [1.54, 1.807) is 0 Å². The summed E-state index contributed by atoms with van der Waals surface area (Å²) in [6, 6.07) is 0. The Labute approximate surface area is 128 Å². The van der Waals surface area contributed by atoms with E-state index < -0.39 is 0 Å². The van der Waals surface area contributed by atoms with Gasteiger partial charge in [0.05, 0.1) is 0 Å². The van der Waals surface area contributed by atoms with Crippen LogP contribution in [0.15, 0.2) is 4.52 Å². The highest BCUT2D eigenvalue weighted by Crippen LogP contribution is 2.23. The molecular weight excluding hydrogens is 266 g/mol. The number of aromatic nitrogens is 2. The zero-order chi connectivity index (χ0) is 15.7. The van der Waals surface area contributed by atoms with Crippen molar-refractivity contribution in [2.45, 2.75) is 65.9 Å². The lowest BCUT2D eigenvalue weighted by Crippen LogP contribution is -2.15. The minimum Gasteiger partial charge on any atom is -0.370 e. The molecule has 2 atom stereocenters. The summed E-state index contributed by atoms with van der Waals surface area (Å²) in [6.07, 6.45) is 4.85. The average Bonchev–Trinajstić information content (AvgIpc) is 2.91. The van der Waals surface area contributed by atoms with Crippen molar-refractivity contribution in [2.75, 3.05) is 13.2 Å². The lowest BCUT2D eigenvalue weighted by molar-refractivity contribution is 0.0477. The molecule has 0 aliphatic heterocycles. The van der Waals surface area contributed by atoms with Gasteiger partial charge in [0, 0.05) is 13.0 Å². The highest BCUT2D eigenvalue weighted by molar-refractivity contribution is 4.92. The van der Waals surface area contributed by atoms with Crippen LogP contribution in [0.5, 0.6) is 0 Å².